The number of primary amides is 1. The molecule has 7 nitrogen and oxygen atoms in total. The van der Waals surface area contributed by atoms with Gasteiger partial charge < -0.3 is 11.1 Å². The van der Waals surface area contributed by atoms with Crippen LogP contribution in [-0.2, 0) is 19.6 Å². The molecule has 0 saturated heterocycles. The van der Waals surface area contributed by atoms with Gasteiger partial charge in [-0.3, -0.25) is 9.59 Å². The molecule has 1 aromatic rings. The summed E-state index contributed by atoms with van der Waals surface area (Å²) in [6.07, 6.45) is -0.0145. The lowest BCUT2D eigenvalue weighted by molar-refractivity contribution is -0.122. The van der Waals surface area contributed by atoms with Gasteiger partial charge in [0.05, 0.1) is 11.4 Å². The first-order valence-corrected chi connectivity index (χ1v) is 8.24. The molecule has 0 heterocycles. The Morgan fingerprint density at radius 2 is 1.86 bits per heavy atom. The van der Waals surface area contributed by atoms with Crippen molar-refractivity contribution in [2.75, 3.05) is 13.6 Å². The minimum Gasteiger partial charge on any atom is -0.370 e. The molecule has 9 heteroatoms. The number of nitrogens with two attached hydrogens (primary N) is 1. The number of rotatable bonds is 7. The van der Waals surface area contributed by atoms with Crippen molar-refractivity contribution in [1.82, 2.24) is 9.62 Å². The van der Waals surface area contributed by atoms with Crippen LogP contribution in [0.15, 0.2) is 29.2 Å². The summed E-state index contributed by atoms with van der Waals surface area (Å²) < 4.78 is 25.5. The predicted molar refractivity (Wildman–Crippen MR) is 82.7 cm³/mol. The maximum absolute atomic E-state index is 12.3. The fraction of sp³-hybridized carbons (Fsp3) is 0.385. The lowest BCUT2D eigenvalue weighted by Gasteiger charge is -2.18. The first-order valence-electron chi connectivity index (χ1n) is 6.42. The molecule has 122 valence electrons. The first kappa shape index (κ1) is 18.4. The minimum absolute atomic E-state index is 0.0145. The number of benzene rings is 1. The molecular formula is C13H18ClN3O4S. The van der Waals surface area contributed by atoms with Crippen molar-refractivity contribution < 1.29 is 18.0 Å². The molecule has 0 spiro atoms. The quantitative estimate of drug-likeness (QED) is 0.741. The number of hydrogen-bond acceptors (Lipinski definition) is 4. The van der Waals surface area contributed by atoms with Crippen LogP contribution in [0.4, 0.5) is 0 Å². The topological polar surface area (TPSA) is 110 Å². The fourth-order valence-corrected chi connectivity index (χ4v) is 3.00. The third kappa shape index (κ3) is 5.28. The highest BCUT2D eigenvalue weighted by atomic mass is 35.5. The summed E-state index contributed by atoms with van der Waals surface area (Å²) in [4.78, 5) is 22.6. The maximum Gasteiger partial charge on any atom is 0.243 e. The molecule has 0 aliphatic heterocycles. The third-order valence-corrected chi connectivity index (χ3v) is 4.87. The van der Waals surface area contributed by atoms with Gasteiger partial charge in [0.1, 0.15) is 0 Å². The van der Waals surface area contributed by atoms with Crippen LogP contribution in [-0.4, -0.2) is 44.2 Å². The van der Waals surface area contributed by atoms with E-state index >= 15 is 0 Å². The molecule has 2 amide bonds. The van der Waals surface area contributed by atoms with Crippen molar-refractivity contribution in [3.8, 4) is 0 Å². The number of hydrogen-bond donors (Lipinski definition) is 2. The van der Waals surface area contributed by atoms with E-state index < -0.39 is 27.9 Å². The van der Waals surface area contributed by atoms with E-state index in [9.17, 15) is 18.0 Å². The van der Waals surface area contributed by atoms with Gasteiger partial charge in [-0.1, -0.05) is 11.6 Å². The summed E-state index contributed by atoms with van der Waals surface area (Å²) >= 11 is 5.71. The van der Waals surface area contributed by atoms with Gasteiger partial charge in [-0.15, -0.1) is 0 Å². The molecule has 0 aliphatic carbocycles. The average Bonchev–Trinajstić information content (AvgIpc) is 2.37. The molecule has 0 radical (unpaired) electrons. The smallest absolute Gasteiger partial charge is 0.243 e. The Bertz CT molecular complexity index is 646. The van der Waals surface area contributed by atoms with Crippen LogP contribution in [0.25, 0.3) is 0 Å². The molecule has 0 saturated carbocycles. The van der Waals surface area contributed by atoms with Crippen LogP contribution in [0.1, 0.15) is 13.3 Å². The summed E-state index contributed by atoms with van der Waals surface area (Å²) in [6, 6.07) is 5.18. The van der Waals surface area contributed by atoms with E-state index in [-0.39, 0.29) is 17.9 Å². The lowest BCUT2D eigenvalue weighted by Crippen LogP contribution is -2.42. The van der Waals surface area contributed by atoms with Crippen molar-refractivity contribution in [2.24, 2.45) is 5.73 Å². The molecule has 0 aromatic heterocycles. The van der Waals surface area contributed by atoms with E-state index in [0.29, 0.717) is 5.02 Å². The van der Waals surface area contributed by atoms with Crippen LogP contribution in [0.5, 0.6) is 0 Å². The molecule has 0 bridgehead atoms. The second-order valence-corrected chi connectivity index (χ2v) is 7.34. The summed E-state index contributed by atoms with van der Waals surface area (Å²) in [5.41, 5.74) is 5.02. The number of nitrogens with zero attached hydrogens (tertiary/aromatic N) is 1. The van der Waals surface area contributed by atoms with Crippen molar-refractivity contribution in [3.05, 3.63) is 29.3 Å². The largest absolute Gasteiger partial charge is 0.370 e. The zero-order valence-electron chi connectivity index (χ0n) is 12.2. The number of sulfonamides is 1. The number of nitrogens with one attached hydrogen (secondary N) is 1. The van der Waals surface area contributed by atoms with Crippen LogP contribution in [0, 0.1) is 0 Å². The van der Waals surface area contributed by atoms with Gasteiger partial charge in [-0.25, -0.2) is 8.42 Å². The molecule has 1 atom stereocenters. The third-order valence-electron chi connectivity index (χ3n) is 2.80. The molecule has 1 aromatic carbocycles. The molecule has 22 heavy (non-hydrogen) atoms. The molecule has 0 fully saturated rings. The second-order valence-electron chi connectivity index (χ2n) is 4.85. The van der Waals surface area contributed by atoms with E-state index in [0.717, 1.165) is 4.31 Å². The zero-order valence-corrected chi connectivity index (χ0v) is 13.8. The zero-order chi connectivity index (χ0) is 16.9. The van der Waals surface area contributed by atoms with Gasteiger partial charge in [0.2, 0.25) is 21.8 Å². The minimum atomic E-state index is -3.79. The van der Waals surface area contributed by atoms with Crippen LogP contribution in [0.2, 0.25) is 5.02 Å². The highest BCUT2D eigenvalue weighted by molar-refractivity contribution is 7.89. The van der Waals surface area contributed by atoms with Gasteiger partial charge in [-0.05, 0) is 31.2 Å². The number of carbonyl (C=O) groups is 2. The maximum atomic E-state index is 12.3. The van der Waals surface area contributed by atoms with Gasteiger partial charge in [-0.2, -0.15) is 4.31 Å². The molecular weight excluding hydrogens is 330 g/mol. The predicted octanol–water partition coefficient (Wildman–Crippen LogP) is 0.341. The van der Waals surface area contributed by atoms with E-state index in [1.165, 1.54) is 31.3 Å². The Labute approximate surface area is 134 Å². The summed E-state index contributed by atoms with van der Waals surface area (Å²) in [5, 5.41) is 2.92. The molecule has 1 rings (SSSR count). The van der Waals surface area contributed by atoms with Gasteiger partial charge in [0, 0.05) is 24.5 Å². The Hall–Kier alpha value is -1.64. The Morgan fingerprint density at radius 3 is 2.36 bits per heavy atom. The SMILES string of the molecule is C[C@@H](CC(N)=O)NC(=O)CN(C)S(=O)(=O)c1ccc(Cl)cc1. The van der Waals surface area contributed by atoms with Crippen molar-refractivity contribution in [2.45, 2.75) is 24.3 Å². The summed E-state index contributed by atoms with van der Waals surface area (Å²) in [7, 11) is -2.49. The van der Waals surface area contributed by atoms with E-state index in [2.05, 4.69) is 5.32 Å². The first-order chi connectivity index (χ1) is 10.1. The van der Waals surface area contributed by atoms with Crippen molar-refractivity contribution >= 4 is 33.4 Å². The van der Waals surface area contributed by atoms with Gasteiger partial charge >= 0.3 is 0 Å². The number of halogens is 1. The highest BCUT2D eigenvalue weighted by Crippen LogP contribution is 2.17. The molecule has 0 unspecified atom stereocenters. The van der Waals surface area contributed by atoms with Crippen LogP contribution >= 0.6 is 11.6 Å². The van der Waals surface area contributed by atoms with Gasteiger partial charge in [0.25, 0.3) is 0 Å². The summed E-state index contributed by atoms with van der Waals surface area (Å²) in [5.74, 6) is -1.07. The Kier molecular flexibility index (Phi) is 6.34. The molecule has 0 aliphatic rings. The fourth-order valence-electron chi connectivity index (χ4n) is 1.75. The van der Waals surface area contributed by atoms with Crippen molar-refractivity contribution in [3.63, 3.8) is 0 Å². The normalized spacial score (nSPS) is 12.9. The Balaban J connectivity index is 2.71. The standard InChI is InChI=1S/C13H18ClN3O4S/c1-9(7-12(15)18)16-13(19)8-17(2)22(20,21)11-5-3-10(14)4-6-11/h3-6,9H,7-8H2,1-2H3,(H2,15,18)(H,16,19)/t9-/m0/s1. The summed E-state index contributed by atoms with van der Waals surface area (Å²) in [6.45, 7) is 1.24. The number of carbonyl (C=O) groups excluding carboxylic acids is 2. The van der Waals surface area contributed by atoms with Crippen LogP contribution in [0.3, 0.4) is 0 Å². The Morgan fingerprint density at radius 1 is 1.32 bits per heavy atom. The average molecular weight is 348 g/mol. The second kappa shape index (κ2) is 7.57. The van der Waals surface area contributed by atoms with E-state index in [1.807, 2.05) is 0 Å². The molecule has 3 N–H and O–H groups in total. The number of likely N-dealkylation sites (N-methyl/N-ethyl adjacent to an activating group) is 1. The van der Waals surface area contributed by atoms with E-state index in [4.69, 9.17) is 17.3 Å². The lowest BCUT2D eigenvalue weighted by atomic mass is 10.2. The monoisotopic (exact) mass is 347 g/mol. The van der Waals surface area contributed by atoms with Crippen LogP contribution < -0.4 is 11.1 Å². The number of amides is 2. The van der Waals surface area contributed by atoms with E-state index in [1.54, 1.807) is 6.92 Å². The highest BCUT2D eigenvalue weighted by Gasteiger charge is 2.23. The van der Waals surface area contributed by atoms with Crippen molar-refractivity contribution in [1.29, 1.82) is 0 Å². The van der Waals surface area contributed by atoms with Gasteiger partial charge in [0.15, 0.2) is 0 Å².